The van der Waals surface area contributed by atoms with Gasteiger partial charge in [0.2, 0.25) is 0 Å². The molecule has 0 N–H and O–H groups in total. The molecule has 1 aromatic heterocycles. The molecule has 0 fully saturated rings. The van der Waals surface area contributed by atoms with E-state index in [-0.39, 0.29) is 0 Å². The van der Waals surface area contributed by atoms with Crippen molar-refractivity contribution in [3.63, 3.8) is 0 Å². The minimum absolute atomic E-state index is 0.835. The number of thiophene rings is 1. The second-order valence-corrected chi connectivity index (χ2v) is 5.76. The second kappa shape index (κ2) is 3.36. The average molecular weight is 327 g/mol. The van der Waals surface area contributed by atoms with E-state index in [4.69, 9.17) is 11.6 Å². The lowest BCUT2D eigenvalue weighted by molar-refractivity contribution is 1.51. The van der Waals surface area contributed by atoms with Crippen LogP contribution in [0.2, 0.25) is 4.34 Å². The summed E-state index contributed by atoms with van der Waals surface area (Å²) in [6.07, 6.45) is 0. The number of hydrogen-bond donors (Lipinski definition) is 1. The highest BCUT2D eigenvalue weighted by Crippen LogP contribution is 2.34. The quantitative estimate of drug-likeness (QED) is 0.537. The van der Waals surface area contributed by atoms with E-state index in [1.807, 2.05) is 18.2 Å². The minimum Gasteiger partial charge on any atom is -0.143 e. The third-order valence-electron chi connectivity index (χ3n) is 1.53. The van der Waals surface area contributed by atoms with Crippen LogP contribution in [0.15, 0.2) is 23.1 Å². The van der Waals surface area contributed by atoms with Crippen molar-refractivity contribution in [1.82, 2.24) is 0 Å². The summed E-state index contributed by atoms with van der Waals surface area (Å²) in [5.74, 6) is 0. The predicted octanol–water partition coefficient (Wildman–Crippen LogP) is 4.45. The van der Waals surface area contributed by atoms with Crippen LogP contribution in [-0.2, 0) is 0 Å². The molecule has 2 aromatic rings. The highest BCUT2D eigenvalue weighted by molar-refractivity contribution is 14.1. The Bertz CT molecular complexity index is 436. The van der Waals surface area contributed by atoms with Crippen LogP contribution < -0.4 is 0 Å². The largest absolute Gasteiger partial charge is 0.143 e. The summed E-state index contributed by atoms with van der Waals surface area (Å²) in [6, 6.07) is 6.05. The predicted molar refractivity (Wildman–Crippen MR) is 66.8 cm³/mol. The Morgan fingerprint density at radius 1 is 1.33 bits per heavy atom. The topological polar surface area (TPSA) is 0 Å². The smallest absolute Gasteiger partial charge is 0.0941 e. The van der Waals surface area contributed by atoms with E-state index in [1.54, 1.807) is 11.3 Å². The Kier molecular flexibility index (Phi) is 2.56. The Morgan fingerprint density at radius 2 is 2.08 bits per heavy atom. The molecule has 0 aliphatic heterocycles. The Hall–Kier alpha value is 0.550. The van der Waals surface area contributed by atoms with E-state index in [0.717, 1.165) is 9.23 Å². The van der Waals surface area contributed by atoms with Crippen molar-refractivity contribution >= 4 is 68.2 Å². The van der Waals surface area contributed by atoms with Crippen molar-refractivity contribution in [2.75, 3.05) is 0 Å². The highest BCUT2D eigenvalue weighted by atomic mass is 127. The van der Waals surface area contributed by atoms with E-state index >= 15 is 0 Å². The van der Waals surface area contributed by atoms with Gasteiger partial charge in [0.05, 0.1) is 4.34 Å². The molecular formula is C8H4ClIS2. The van der Waals surface area contributed by atoms with E-state index in [1.165, 1.54) is 13.7 Å². The maximum atomic E-state index is 5.90. The van der Waals surface area contributed by atoms with Gasteiger partial charge in [0.25, 0.3) is 0 Å². The molecule has 0 unspecified atom stereocenters. The molecule has 0 saturated heterocycles. The van der Waals surface area contributed by atoms with Gasteiger partial charge in [0.1, 0.15) is 0 Å². The number of benzene rings is 1. The molecule has 62 valence electrons. The van der Waals surface area contributed by atoms with Crippen LogP contribution in [0.5, 0.6) is 0 Å². The van der Waals surface area contributed by atoms with Crippen molar-refractivity contribution in [3.8, 4) is 0 Å². The van der Waals surface area contributed by atoms with E-state index < -0.39 is 0 Å². The van der Waals surface area contributed by atoms with Crippen LogP contribution in [-0.4, -0.2) is 0 Å². The van der Waals surface area contributed by atoms with Gasteiger partial charge in [-0.1, -0.05) is 11.6 Å². The van der Waals surface area contributed by atoms with Crippen molar-refractivity contribution in [2.24, 2.45) is 0 Å². The van der Waals surface area contributed by atoms with Crippen LogP contribution in [0.4, 0.5) is 0 Å². The summed E-state index contributed by atoms with van der Waals surface area (Å²) in [6.45, 7) is 0. The molecule has 2 rings (SSSR count). The first-order chi connectivity index (χ1) is 5.66. The highest BCUT2D eigenvalue weighted by Gasteiger charge is 2.03. The normalized spacial score (nSPS) is 10.9. The number of halogens is 2. The molecule has 0 aliphatic rings. The van der Waals surface area contributed by atoms with Crippen LogP contribution in [0.3, 0.4) is 0 Å². The maximum Gasteiger partial charge on any atom is 0.0941 e. The van der Waals surface area contributed by atoms with Crippen molar-refractivity contribution in [1.29, 1.82) is 0 Å². The fourth-order valence-electron chi connectivity index (χ4n) is 1.06. The molecule has 0 aliphatic carbocycles. The molecule has 0 saturated carbocycles. The van der Waals surface area contributed by atoms with Gasteiger partial charge < -0.3 is 0 Å². The molecule has 0 spiro atoms. The molecule has 0 amide bonds. The molecule has 12 heavy (non-hydrogen) atoms. The van der Waals surface area contributed by atoms with E-state index in [9.17, 15) is 0 Å². The van der Waals surface area contributed by atoms with Gasteiger partial charge in [-0.05, 0) is 46.2 Å². The number of rotatable bonds is 0. The summed E-state index contributed by atoms with van der Waals surface area (Å²) in [5.41, 5.74) is 0. The van der Waals surface area contributed by atoms with Gasteiger partial charge in [0, 0.05) is 13.2 Å². The summed E-state index contributed by atoms with van der Waals surface area (Å²) in [4.78, 5) is 0.987. The molecule has 0 nitrogen and oxygen atoms in total. The van der Waals surface area contributed by atoms with Gasteiger partial charge in [0.15, 0.2) is 0 Å². The maximum absolute atomic E-state index is 5.90. The standard InChI is InChI=1S/C8H4ClIS2/c9-7-2-4-1-5(11)3-6(10)8(4)12-7/h1-3,11H. The zero-order valence-electron chi connectivity index (χ0n) is 5.84. The van der Waals surface area contributed by atoms with Gasteiger partial charge in [-0.2, -0.15) is 0 Å². The van der Waals surface area contributed by atoms with E-state index in [0.29, 0.717) is 0 Å². The molecular weight excluding hydrogens is 323 g/mol. The molecule has 1 aromatic carbocycles. The molecule has 0 radical (unpaired) electrons. The molecule has 1 heterocycles. The summed E-state index contributed by atoms with van der Waals surface area (Å²) in [5, 5.41) is 1.18. The number of thiol groups is 1. The Balaban J connectivity index is 2.88. The first kappa shape index (κ1) is 9.12. The third kappa shape index (κ3) is 1.60. The first-order valence-electron chi connectivity index (χ1n) is 3.24. The average Bonchev–Trinajstić information content (AvgIpc) is 2.29. The SMILES string of the molecule is Sc1cc(I)c2sc(Cl)cc2c1. The second-order valence-electron chi connectivity index (χ2n) is 2.40. The fourth-order valence-corrected chi connectivity index (χ4v) is 3.68. The third-order valence-corrected chi connectivity index (χ3v) is 4.31. The summed E-state index contributed by atoms with van der Waals surface area (Å²) < 4.78 is 3.30. The monoisotopic (exact) mass is 326 g/mol. The van der Waals surface area contributed by atoms with Gasteiger partial charge in [-0.15, -0.1) is 24.0 Å². The van der Waals surface area contributed by atoms with Crippen LogP contribution in [0.25, 0.3) is 10.1 Å². The van der Waals surface area contributed by atoms with Gasteiger partial charge >= 0.3 is 0 Å². The summed E-state index contributed by atoms with van der Waals surface area (Å²) >= 11 is 14.1. The fraction of sp³-hybridized carbons (Fsp3) is 0. The van der Waals surface area contributed by atoms with Crippen LogP contribution in [0, 0.1) is 3.57 Å². The molecule has 0 atom stereocenters. The minimum atomic E-state index is 0.835. The molecule has 0 bridgehead atoms. The van der Waals surface area contributed by atoms with Gasteiger partial charge in [-0.3, -0.25) is 0 Å². The van der Waals surface area contributed by atoms with Crippen molar-refractivity contribution in [3.05, 3.63) is 26.1 Å². The lowest BCUT2D eigenvalue weighted by atomic mass is 10.3. The number of fused-ring (bicyclic) bond motifs is 1. The van der Waals surface area contributed by atoms with Crippen molar-refractivity contribution in [2.45, 2.75) is 4.90 Å². The van der Waals surface area contributed by atoms with Crippen LogP contribution in [0.1, 0.15) is 0 Å². The molecule has 4 heteroatoms. The zero-order valence-corrected chi connectivity index (χ0v) is 10.5. The van der Waals surface area contributed by atoms with Gasteiger partial charge in [-0.25, -0.2) is 0 Å². The lowest BCUT2D eigenvalue weighted by Crippen LogP contribution is -1.71. The Labute approximate surface area is 98.5 Å². The first-order valence-corrected chi connectivity index (χ1v) is 5.96. The lowest BCUT2D eigenvalue weighted by Gasteiger charge is -1.94. The number of hydrogen-bond acceptors (Lipinski definition) is 2. The van der Waals surface area contributed by atoms with Crippen molar-refractivity contribution < 1.29 is 0 Å². The zero-order chi connectivity index (χ0) is 8.72. The Morgan fingerprint density at radius 3 is 2.83 bits per heavy atom. The summed E-state index contributed by atoms with van der Waals surface area (Å²) in [7, 11) is 0. The van der Waals surface area contributed by atoms with Crippen LogP contribution >= 0.6 is 58.2 Å². The van der Waals surface area contributed by atoms with E-state index in [2.05, 4.69) is 35.2 Å².